The molecule has 5 heterocycles. The van der Waals surface area contributed by atoms with Crippen LogP contribution in [0.15, 0.2) is 37.1 Å². The van der Waals surface area contributed by atoms with E-state index in [1.54, 1.807) is 6.20 Å². The van der Waals surface area contributed by atoms with Crippen molar-refractivity contribution >= 4 is 11.0 Å². The second kappa shape index (κ2) is 11.3. The van der Waals surface area contributed by atoms with E-state index in [0.29, 0.717) is 44.9 Å². The van der Waals surface area contributed by atoms with Gasteiger partial charge in [-0.25, -0.2) is 15.0 Å². The molecule has 0 unspecified atom stereocenters. The molecule has 1 aliphatic heterocycles. The standard InChI is InChI=1S/C28H31F3N10O/c1-2-33-13-19-11-23(39-26(38-19)28(29,30)31)42-21-5-3-20(4-6-21)40-15-27(16-40,8-9-32)41-14-18(12-37-41)24-22-7-10-34-25(22)36-17-35-24/h7,10-12,14,17,20-21,33H,2-6,8,13,15-16H2,1H3,(H,34,35,36). The van der Waals surface area contributed by atoms with Gasteiger partial charge in [-0.3, -0.25) is 9.58 Å². The Kier molecular flexibility index (Phi) is 7.54. The predicted molar refractivity (Wildman–Crippen MR) is 146 cm³/mol. The third-order valence-electron chi connectivity index (χ3n) is 8.11. The minimum atomic E-state index is -4.65. The average Bonchev–Trinajstić information content (AvgIpc) is 3.64. The maximum Gasteiger partial charge on any atom is 0.451 e. The molecule has 4 aromatic rings. The van der Waals surface area contributed by atoms with Gasteiger partial charge in [0, 0.05) is 55.1 Å². The molecule has 0 radical (unpaired) electrons. The van der Waals surface area contributed by atoms with Crippen LogP contribution in [0, 0.1) is 11.3 Å². The number of alkyl halides is 3. The fraction of sp³-hybridized carbons (Fsp3) is 0.500. The minimum absolute atomic E-state index is 0.0410. The van der Waals surface area contributed by atoms with E-state index in [0.717, 1.165) is 35.1 Å². The first-order chi connectivity index (χ1) is 20.3. The van der Waals surface area contributed by atoms with Gasteiger partial charge in [0.1, 0.15) is 23.6 Å². The van der Waals surface area contributed by atoms with E-state index in [1.807, 2.05) is 30.1 Å². The number of likely N-dealkylation sites (tertiary alicyclic amines) is 1. The van der Waals surface area contributed by atoms with E-state index in [9.17, 15) is 18.4 Å². The van der Waals surface area contributed by atoms with Gasteiger partial charge >= 0.3 is 6.18 Å². The lowest BCUT2D eigenvalue weighted by atomic mass is 9.82. The number of nitrogens with zero attached hydrogens (tertiary/aromatic N) is 8. The Morgan fingerprint density at radius 2 is 2.00 bits per heavy atom. The third-order valence-corrected chi connectivity index (χ3v) is 8.11. The van der Waals surface area contributed by atoms with Gasteiger partial charge in [-0.1, -0.05) is 6.92 Å². The van der Waals surface area contributed by atoms with Crippen LogP contribution in [0.2, 0.25) is 0 Å². The van der Waals surface area contributed by atoms with Crippen molar-refractivity contribution in [2.24, 2.45) is 0 Å². The van der Waals surface area contributed by atoms with E-state index in [4.69, 9.17) is 4.74 Å². The Morgan fingerprint density at radius 1 is 1.19 bits per heavy atom. The van der Waals surface area contributed by atoms with Crippen molar-refractivity contribution in [3.8, 4) is 23.2 Å². The van der Waals surface area contributed by atoms with Gasteiger partial charge in [0.15, 0.2) is 0 Å². The number of H-pyrrole nitrogens is 1. The fourth-order valence-corrected chi connectivity index (χ4v) is 5.96. The maximum atomic E-state index is 13.4. The van der Waals surface area contributed by atoms with Crippen molar-refractivity contribution in [1.29, 1.82) is 5.26 Å². The first-order valence-corrected chi connectivity index (χ1v) is 14.0. The molecule has 0 atom stereocenters. The van der Waals surface area contributed by atoms with Crippen molar-refractivity contribution in [3.63, 3.8) is 0 Å². The number of nitriles is 1. The number of aromatic amines is 1. The van der Waals surface area contributed by atoms with Crippen LogP contribution in [0.5, 0.6) is 5.88 Å². The summed E-state index contributed by atoms with van der Waals surface area (Å²) in [6, 6.07) is 6.05. The van der Waals surface area contributed by atoms with Gasteiger partial charge < -0.3 is 15.0 Å². The highest BCUT2D eigenvalue weighted by Gasteiger charge is 2.48. The van der Waals surface area contributed by atoms with Crippen molar-refractivity contribution in [3.05, 3.63) is 48.6 Å². The van der Waals surface area contributed by atoms with Crippen molar-refractivity contribution in [1.82, 2.24) is 44.9 Å². The van der Waals surface area contributed by atoms with Crippen LogP contribution in [0.1, 0.15) is 50.5 Å². The molecule has 220 valence electrons. The molecule has 42 heavy (non-hydrogen) atoms. The third kappa shape index (κ3) is 5.54. The van der Waals surface area contributed by atoms with Crippen molar-refractivity contribution < 1.29 is 17.9 Å². The SMILES string of the molecule is CCNCc1cc(OC2CCC(N3CC(CC#N)(n4cc(-c5ncnc6[nH]ccc56)cn4)C3)CC2)nc(C(F)(F)F)n1. The molecule has 0 amide bonds. The summed E-state index contributed by atoms with van der Waals surface area (Å²) < 4.78 is 48.0. The average molecular weight is 581 g/mol. The van der Waals surface area contributed by atoms with Gasteiger partial charge in [-0.2, -0.15) is 28.5 Å². The number of nitrogens with one attached hydrogen (secondary N) is 2. The second-order valence-corrected chi connectivity index (χ2v) is 10.9. The van der Waals surface area contributed by atoms with Gasteiger partial charge in [0.05, 0.1) is 30.1 Å². The Labute approximate surface area is 240 Å². The van der Waals surface area contributed by atoms with Crippen LogP contribution < -0.4 is 10.1 Å². The lowest BCUT2D eigenvalue weighted by Gasteiger charge is -2.53. The molecule has 6 rings (SSSR count). The van der Waals surface area contributed by atoms with Crippen molar-refractivity contribution in [2.75, 3.05) is 19.6 Å². The minimum Gasteiger partial charge on any atom is -0.474 e. The highest BCUT2D eigenvalue weighted by Crippen LogP contribution is 2.39. The zero-order valence-corrected chi connectivity index (χ0v) is 23.1. The molecule has 2 fully saturated rings. The van der Waals surface area contributed by atoms with E-state index in [1.165, 1.54) is 12.4 Å². The molecule has 0 aromatic carbocycles. The van der Waals surface area contributed by atoms with Gasteiger partial charge in [-0.05, 0) is 38.3 Å². The van der Waals surface area contributed by atoms with E-state index in [-0.39, 0.29) is 24.2 Å². The molecule has 14 heteroatoms. The van der Waals surface area contributed by atoms with Crippen LogP contribution in [-0.2, 0) is 18.3 Å². The molecule has 0 spiro atoms. The Morgan fingerprint density at radius 3 is 2.74 bits per heavy atom. The van der Waals surface area contributed by atoms with E-state index >= 15 is 0 Å². The fourth-order valence-electron chi connectivity index (χ4n) is 5.96. The van der Waals surface area contributed by atoms with Gasteiger partial charge in [-0.15, -0.1) is 0 Å². The second-order valence-electron chi connectivity index (χ2n) is 10.9. The normalized spacial score (nSPS) is 20.7. The number of fused-ring (bicyclic) bond motifs is 1. The molecule has 4 aromatic heterocycles. The van der Waals surface area contributed by atoms with Gasteiger partial charge in [0.2, 0.25) is 11.7 Å². The molecular weight excluding hydrogens is 549 g/mol. The van der Waals surface area contributed by atoms with Crippen LogP contribution in [-0.4, -0.2) is 71.4 Å². The summed E-state index contributed by atoms with van der Waals surface area (Å²) in [6.45, 7) is 4.07. The zero-order chi connectivity index (χ0) is 29.3. The summed E-state index contributed by atoms with van der Waals surface area (Å²) in [4.78, 5) is 21.5. The van der Waals surface area contributed by atoms with E-state index < -0.39 is 17.5 Å². The number of aromatic nitrogens is 7. The Balaban J connectivity index is 1.09. The number of hydrogen-bond donors (Lipinski definition) is 2. The number of hydrogen-bond acceptors (Lipinski definition) is 9. The summed E-state index contributed by atoms with van der Waals surface area (Å²) in [5.74, 6) is -1.23. The summed E-state index contributed by atoms with van der Waals surface area (Å²) >= 11 is 0. The number of halogens is 3. The zero-order valence-electron chi connectivity index (χ0n) is 23.1. The molecule has 2 N–H and O–H groups in total. The first-order valence-electron chi connectivity index (χ1n) is 14.0. The summed E-state index contributed by atoms with van der Waals surface area (Å²) in [5.41, 5.74) is 2.22. The molecule has 2 aliphatic rings. The van der Waals surface area contributed by atoms with Crippen molar-refractivity contribution in [2.45, 2.75) is 69.4 Å². The highest BCUT2D eigenvalue weighted by atomic mass is 19.4. The molecule has 11 nitrogen and oxygen atoms in total. The van der Waals surface area contributed by atoms with Crippen LogP contribution in [0.3, 0.4) is 0 Å². The highest BCUT2D eigenvalue weighted by molar-refractivity contribution is 5.90. The van der Waals surface area contributed by atoms with Crippen LogP contribution in [0.25, 0.3) is 22.3 Å². The maximum absolute atomic E-state index is 13.4. The van der Waals surface area contributed by atoms with Crippen LogP contribution in [0.4, 0.5) is 13.2 Å². The lowest BCUT2D eigenvalue weighted by molar-refractivity contribution is -0.145. The summed E-state index contributed by atoms with van der Waals surface area (Å²) in [7, 11) is 0. The van der Waals surface area contributed by atoms with Crippen LogP contribution >= 0.6 is 0 Å². The summed E-state index contributed by atoms with van der Waals surface area (Å²) in [5, 5.41) is 18.2. The number of ether oxygens (including phenoxy) is 1. The largest absolute Gasteiger partial charge is 0.474 e. The topological polar surface area (TPSA) is 133 Å². The smallest absolute Gasteiger partial charge is 0.451 e. The molecule has 0 bridgehead atoms. The molecule has 1 aliphatic carbocycles. The first kappa shape index (κ1) is 28.0. The summed E-state index contributed by atoms with van der Waals surface area (Å²) in [6.07, 6.45) is 5.61. The molecule has 1 saturated carbocycles. The quantitative estimate of drug-likeness (QED) is 0.301. The number of rotatable bonds is 9. The van der Waals surface area contributed by atoms with E-state index in [2.05, 4.69) is 46.3 Å². The predicted octanol–water partition coefficient (Wildman–Crippen LogP) is 4.05. The van der Waals surface area contributed by atoms with Gasteiger partial charge in [0.25, 0.3) is 0 Å². The monoisotopic (exact) mass is 580 g/mol. The lowest BCUT2D eigenvalue weighted by Crippen LogP contribution is -2.65. The molecular formula is C28H31F3N10O. The molecule has 1 saturated heterocycles. The Hall–Kier alpha value is -4.09. The Bertz CT molecular complexity index is 1580.